The Morgan fingerprint density at radius 2 is 2.35 bits per heavy atom. The Hall–Kier alpha value is -1.99. The van der Waals surface area contributed by atoms with Gasteiger partial charge in [0, 0.05) is 18.7 Å². The Balaban J connectivity index is 2.29. The lowest BCUT2D eigenvalue weighted by molar-refractivity contribution is -0.385. The number of hydrogen-bond acceptors (Lipinski definition) is 5. The van der Waals surface area contributed by atoms with Crippen LogP contribution in [-0.2, 0) is 4.74 Å². The zero-order chi connectivity index (χ0) is 14.7. The maximum absolute atomic E-state index is 12.4. The molecule has 1 heterocycles. The maximum atomic E-state index is 12.4. The van der Waals surface area contributed by atoms with E-state index in [9.17, 15) is 14.9 Å². The van der Waals surface area contributed by atoms with Crippen LogP contribution in [0.4, 0.5) is 5.69 Å². The summed E-state index contributed by atoms with van der Waals surface area (Å²) in [4.78, 5) is 24.5. The lowest BCUT2D eigenvalue weighted by atomic mass is 10.1. The number of nitro groups is 1. The minimum Gasteiger partial charge on any atom is -0.394 e. The number of aliphatic hydroxyl groups is 1. The predicted octanol–water partition coefficient (Wildman–Crippen LogP) is 0.737. The number of amides is 1. The van der Waals surface area contributed by atoms with E-state index in [-0.39, 0.29) is 24.4 Å². The quantitative estimate of drug-likeness (QED) is 0.651. The first-order valence-corrected chi connectivity index (χ1v) is 6.30. The molecule has 7 nitrogen and oxygen atoms in total. The maximum Gasteiger partial charge on any atom is 0.285 e. The molecule has 20 heavy (non-hydrogen) atoms. The molecule has 0 saturated carbocycles. The highest BCUT2D eigenvalue weighted by molar-refractivity contribution is 5.98. The third-order valence-electron chi connectivity index (χ3n) is 3.28. The number of aliphatic hydroxyl groups excluding tert-OH is 1. The molecule has 0 aromatic heterocycles. The summed E-state index contributed by atoms with van der Waals surface area (Å²) in [6.07, 6.45) is -0.434. The summed E-state index contributed by atoms with van der Waals surface area (Å²) in [7, 11) is 0. The van der Waals surface area contributed by atoms with E-state index in [2.05, 4.69) is 0 Å². The van der Waals surface area contributed by atoms with Gasteiger partial charge in [-0.05, 0) is 13.0 Å². The van der Waals surface area contributed by atoms with Crippen molar-refractivity contribution in [2.75, 3.05) is 26.3 Å². The predicted molar refractivity (Wildman–Crippen MR) is 70.6 cm³/mol. The monoisotopic (exact) mass is 280 g/mol. The zero-order valence-corrected chi connectivity index (χ0v) is 11.1. The van der Waals surface area contributed by atoms with Gasteiger partial charge >= 0.3 is 0 Å². The molecule has 1 aliphatic rings. The van der Waals surface area contributed by atoms with Crippen molar-refractivity contribution in [3.63, 3.8) is 0 Å². The second-order valence-electron chi connectivity index (χ2n) is 4.65. The molecule has 1 atom stereocenters. The van der Waals surface area contributed by atoms with Gasteiger partial charge in [-0.2, -0.15) is 0 Å². The van der Waals surface area contributed by atoms with Crippen molar-refractivity contribution in [3.05, 3.63) is 39.4 Å². The second kappa shape index (κ2) is 5.98. The number of carbonyl (C=O) groups is 1. The highest BCUT2D eigenvalue weighted by Crippen LogP contribution is 2.25. The molecule has 0 bridgehead atoms. The molecule has 1 aromatic rings. The SMILES string of the molecule is Cc1cccc(C(=O)N2CCOC(CO)C2)c1[N+](=O)[O-]. The molecular formula is C13H16N2O5. The minimum atomic E-state index is -0.535. The van der Waals surface area contributed by atoms with Crippen molar-refractivity contribution in [1.29, 1.82) is 0 Å². The van der Waals surface area contributed by atoms with Crippen LogP contribution >= 0.6 is 0 Å². The first-order valence-electron chi connectivity index (χ1n) is 6.30. The molecule has 2 rings (SSSR count). The first-order chi connectivity index (χ1) is 9.54. The van der Waals surface area contributed by atoms with Crippen molar-refractivity contribution in [3.8, 4) is 0 Å². The average molecular weight is 280 g/mol. The van der Waals surface area contributed by atoms with Crippen molar-refractivity contribution in [2.24, 2.45) is 0 Å². The number of nitrogens with zero attached hydrogens (tertiary/aromatic N) is 2. The third-order valence-corrected chi connectivity index (χ3v) is 3.28. The molecule has 1 amide bonds. The number of rotatable bonds is 3. The number of hydrogen-bond donors (Lipinski definition) is 1. The molecule has 0 radical (unpaired) electrons. The summed E-state index contributed by atoms with van der Waals surface area (Å²) in [6.45, 7) is 2.34. The van der Waals surface area contributed by atoms with Gasteiger partial charge in [0.1, 0.15) is 5.56 Å². The zero-order valence-electron chi connectivity index (χ0n) is 11.1. The van der Waals surface area contributed by atoms with Crippen LogP contribution in [0.2, 0.25) is 0 Å². The molecule has 1 saturated heterocycles. The minimum absolute atomic E-state index is 0.0774. The molecular weight excluding hydrogens is 264 g/mol. The molecule has 0 spiro atoms. The fraction of sp³-hybridized carbons (Fsp3) is 0.462. The van der Waals surface area contributed by atoms with E-state index in [1.807, 2.05) is 0 Å². The smallest absolute Gasteiger partial charge is 0.285 e. The van der Waals surface area contributed by atoms with Crippen LogP contribution in [0.15, 0.2) is 18.2 Å². The van der Waals surface area contributed by atoms with E-state index in [0.29, 0.717) is 18.7 Å². The second-order valence-corrected chi connectivity index (χ2v) is 4.65. The summed E-state index contributed by atoms with van der Waals surface area (Å²) >= 11 is 0. The van der Waals surface area contributed by atoms with Crippen molar-refractivity contribution < 1.29 is 19.6 Å². The molecule has 1 unspecified atom stereocenters. The molecule has 1 aliphatic heterocycles. The standard InChI is InChI=1S/C13H16N2O5/c1-9-3-2-4-11(12(9)15(18)19)13(17)14-5-6-20-10(7-14)8-16/h2-4,10,16H,5-8H2,1H3. The molecule has 1 fully saturated rings. The van der Waals surface area contributed by atoms with Crippen molar-refractivity contribution in [1.82, 2.24) is 4.90 Å². The average Bonchev–Trinajstić information content (AvgIpc) is 2.45. The van der Waals surface area contributed by atoms with Gasteiger partial charge in [-0.3, -0.25) is 14.9 Å². The molecule has 1 aromatic carbocycles. The van der Waals surface area contributed by atoms with E-state index in [4.69, 9.17) is 9.84 Å². The van der Waals surface area contributed by atoms with Gasteiger partial charge < -0.3 is 14.7 Å². The van der Waals surface area contributed by atoms with Gasteiger partial charge in [0.15, 0.2) is 0 Å². The van der Waals surface area contributed by atoms with Crippen molar-refractivity contribution in [2.45, 2.75) is 13.0 Å². The first kappa shape index (κ1) is 14.4. The van der Waals surface area contributed by atoms with Crippen LogP contribution in [0.5, 0.6) is 0 Å². The number of carbonyl (C=O) groups excluding carboxylic acids is 1. The highest BCUT2D eigenvalue weighted by Gasteiger charge is 2.29. The van der Waals surface area contributed by atoms with Crippen molar-refractivity contribution >= 4 is 11.6 Å². The molecule has 1 N–H and O–H groups in total. The molecule has 108 valence electrons. The number of aryl methyl sites for hydroxylation is 1. The van der Waals surface area contributed by atoms with E-state index in [0.717, 1.165) is 0 Å². The Labute approximate surface area is 115 Å². The number of nitro benzene ring substituents is 1. The summed E-state index contributed by atoms with van der Waals surface area (Å²) < 4.78 is 5.27. The largest absolute Gasteiger partial charge is 0.394 e. The van der Waals surface area contributed by atoms with E-state index in [1.54, 1.807) is 19.1 Å². The highest BCUT2D eigenvalue weighted by atomic mass is 16.6. The van der Waals surface area contributed by atoms with Crippen LogP contribution in [0, 0.1) is 17.0 Å². The third kappa shape index (κ3) is 2.78. The van der Waals surface area contributed by atoms with E-state index in [1.165, 1.54) is 11.0 Å². The topological polar surface area (TPSA) is 92.9 Å². The Morgan fingerprint density at radius 3 is 3.00 bits per heavy atom. The van der Waals surface area contributed by atoms with Gasteiger partial charge in [-0.25, -0.2) is 0 Å². The summed E-state index contributed by atoms with van der Waals surface area (Å²) in [5.41, 5.74) is 0.367. The number of morpholine rings is 1. The number of ether oxygens (including phenoxy) is 1. The number of benzene rings is 1. The van der Waals surface area contributed by atoms with Crippen LogP contribution < -0.4 is 0 Å². The van der Waals surface area contributed by atoms with Gasteiger partial charge in [-0.15, -0.1) is 0 Å². The van der Waals surface area contributed by atoms with E-state index < -0.39 is 16.9 Å². The Morgan fingerprint density at radius 1 is 1.60 bits per heavy atom. The summed E-state index contributed by atoms with van der Waals surface area (Å²) in [5, 5.41) is 20.2. The van der Waals surface area contributed by atoms with Crippen LogP contribution in [0.1, 0.15) is 15.9 Å². The van der Waals surface area contributed by atoms with Crippen LogP contribution in [0.3, 0.4) is 0 Å². The van der Waals surface area contributed by atoms with Gasteiger partial charge in [0.2, 0.25) is 0 Å². The number of para-hydroxylation sites is 1. The normalized spacial score (nSPS) is 18.9. The summed E-state index contributed by atoms with van der Waals surface area (Å²) in [5.74, 6) is -0.401. The summed E-state index contributed by atoms with van der Waals surface area (Å²) in [6, 6.07) is 4.68. The van der Waals surface area contributed by atoms with Gasteiger partial charge in [-0.1, -0.05) is 12.1 Å². The molecule has 0 aliphatic carbocycles. The Kier molecular flexibility index (Phi) is 4.31. The lowest BCUT2D eigenvalue weighted by Crippen LogP contribution is -2.47. The fourth-order valence-electron chi connectivity index (χ4n) is 2.26. The van der Waals surface area contributed by atoms with Crippen LogP contribution in [-0.4, -0.2) is 53.2 Å². The lowest BCUT2D eigenvalue weighted by Gasteiger charge is -2.32. The fourth-order valence-corrected chi connectivity index (χ4v) is 2.26. The van der Waals surface area contributed by atoms with Crippen LogP contribution in [0.25, 0.3) is 0 Å². The Bertz CT molecular complexity index is 531. The van der Waals surface area contributed by atoms with Gasteiger partial charge in [0.05, 0.1) is 24.2 Å². The molecule has 7 heteroatoms. The van der Waals surface area contributed by atoms with E-state index >= 15 is 0 Å². The van der Waals surface area contributed by atoms with Gasteiger partial charge in [0.25, 0.3) is 11.6 Å².